The van der Waals surface area contributed by atoms with Crippen molar-refractivity contribution in [2.24, 2.45) is 0 Å². The highest BCUT2D eigenvalue weighted by molar-refractivity contribution is 5.70. The molecule has 266 valence electrons. The van der Waals surface area contributed by atoms with Gasteiger partial charge in [-0.25, -0.2) is 0 Å². The van der Waals surface area contributed by atoms with Crippen LogP contribution in [0, 0.1) is 0 Å². The van der Waals surface area contributed by atoms with E-state index in [1.165, 1.54) is 77.0 Å². The number of ether oxygens (including phenoxy) is 2. The van der Waals surface area contributed by atoms with Crippen LogP contribution in [0.15, 0.2) is 48.6 Å². The minimum absolute atomic E-state index is 0.130. The first-order chi connectivity index (χ1) is 22.5. The van der Waals surface area contributed by atoms with E-state index in [0.29, 0.717) is 19.4 Å². The fourth-order valence-corrected chi connectivity index (χ4v) is 5.20. The van der Waals surface area contributed by atoms with Gasteiger partial charge < -0.3 is 14.4 Å². The average molecular weight is 644 g/mol. The van der Waals surface area contributed by atoms with E-state index >= 15 is 0 Å². The van der Waals surface area contributed by atoms with E-state index < -0.39 is 6.10 Å². The van der Waals surface area contributed by atoms with Crippen LogP contribution < -0.4 is 0 Å². The normalized spacial score (nSPS) is 12.8. The number of hydrogen-bond acceptors (Lipinski definition) is 5. The van der Waals surface area contributed by atoms with E-state index in [1.54, 1.807) is 0 Å². The first-order valence-electron chi connectivity index (χ1n) is 19.1. The SMILES string of the molecule is CCCCC/C=C\C/C=C\CCCCCCCC(=O)OCC(CN(C)C)OC(=O)CCCCCCC/C=C\C/C=C\CCCCC. The predicted octanol–water partition coefficient (Wildman–Crippen LogP) is 11.6. The molecule has 0 spiro atoms. The smallest absolute Gasteiger partial charge is 0.306 e. The largest absolute Gasteiger partial charge is 0.462 e. The maximum Gasteiger partial charge on any atom is 0.306 e. The van der Waals surface area contributed by atoms with Crippen LogP contribution in [0.3, 0.4) is 0 Å². The molecular weight excluding hydrogens is 570 g/mol. The van der Waals surface area contributed by atoms with Gasteiger partial charge in [0.25, 0.3) is 0 Å². The van der Waals surface area contributed by atoms with E-state index in [9.17, 15) is 9.59 Å². The third-order valence-electron chi connectivity index (χ3n) is 7.96. The van der Waals surface area contributed by atoms with Gasteiger partial charge in [-0.05, 0) is 91.1 Å². The molecule has 0 aliphatic heterocycles. The van der Waals surface area contributed by atoms with Crippen LogP contribution in [0.2, 0.25) is 0 Å². The van der Waals surface area contributed by atoms with Crippen molar-refractivity contribution in [3.8, 4) is 0 Å². The molecule has 5 nitrogen and oxygen atoms in total. The first-order valence-corrected chi connectivity index (χ1v) is 19.1. The third-order valence-corrected chi connectivity index (χ3v) is 7.96. The summed E-state index contributed by atoms with van der Waals surface area (Å²) in [6, 6.07) is 0. The average Bonchev–Trinajstić information content (AvgIpc) is 3.03. The zero-order chi connectivity index (χ0) is 33.8. The van der Waals surface area contributed by atoms with E-state index in [-0.39, 0.29) is 18.5 Å². The summed E-state index contributed by atoms with van der Waals surface area (Å²) < 4.78 is 11.2. The number of nitrogens with zero attached hydrogens (tertiary/aromatic N) is 1. The highest BCUT2D eigenvalue weighted by Gasteiger charge is 2.18. The van der Waals surface area contributed by atoms with Gasteiger partial charge in [0.1, 0.15) is 12.7 Å². The topological polar surface area (TPSA) is 55.8 Å². The lowest BCUT2D eigenvalue weighted by atomic mass is 10.1. The maximum absolute atomic E-state index is 12.4. The van der Waals surface area contributed by atoms with Crippen LogP contribution in [0.1, 0.15) is 168 Å². The maximum atomic E-state index is 12.4. The second kappa shape index (κ2) is 35.7. The molecule has 0 radical (unpaired) electrons. The Morgan fingerprint density at radius 2 is 0.913 bits per heavy atom. The quantitative estimate of drug-likeness (QED) is 0.0404. The van der Waals surface area contributed by atoms with E-state index in [1.807, 2.05) is 19.0 Å². The molecule has 0 saturated carbocycles. The summed E-state index contributed by atoms with van der Waals surface area (Å²) in [4.78, 5) is 26.7. The highest BCUT2D eigenvalue weighted by Crippen LogP contribution is 2.11. The Labute approximate surface area is 285 Å². The monoisotopic (exact) mass is 644 g/mol. The van der Waals surface area contributed by atoms with Crippen molar-refractivity contribution in [2.75, 3.05) is 27.2 Å². The molecule has 0 aromatic carbocycles. The van der Waals surface area contributed by atoms with Crippen molar-refractivity contribution < 1.29 is 19.1 Å². The lowest BCUT2D eigenvalue weighted by Gasteiger charge is -2.21. The van der Waals surface area contributed by atoms with Crippen molar-refractivity contribution in [2.45, 2.75) is 174 Å². The van der Waals surface area contributed by atoms with Crippen molar-refractivity contribution in [3.05, 3.63) is 48.6 Å². The highest BCUT2D eigenvalue weighted by atomic mass is 16.6. The number of carbonyl (C=O) groups excluding carboxylic acids is 2. The lowest BCUT2D eigenvalue weighted by molar-refractivity contribution is -0.160. The van der Waals surface area contributed by atoms with Crippen LogP contribution in [0.5, 0.6) is 0 Å². The lowest BCUT2D eigenvalue weighted by Crippen LogP contribution is -2.34. The number of allylic oxidation sites excluding steroid dienone is 8. The summed E-state index contributed by atoms with van der Waals surface area (Å²) in [5.74, 6) is -0.387. The second-order valence-electron chi connectivity index (χ2n) is 13.0. The minimum Gasteiger partial charge on any atom is -0.462 e. The fourth-order valence-electron chi connectivity index (χ4n) is 5.20. The Morgan fingerprint density at radius 3 is 1.35 bits per heavy atom. The molecule has 0 rings (SSSR count). The molecule has 1 atom stereocenters. The molecule has 0 heterocycles. The Kier molecular flexibility index (Phi) is 34.0. The summed E-state index contributed by atoms with van der Waals surface area (Å²) >= 11 is 0. The molecule has 0 aromatic rings. The summed E-state index contributed by atoms with van der Waals surface area (Å²) in [6.07, 6.45) is 44.2. The van der Waals surface area contributed by atoms with Gasteiger partial charge in [-0.2, -0.15) is 0 Å². The van der Waals surface area contributed by atoms with Crippen LogP contribution in [0.4, 0.5) is 0 Å². The molecule has 0 aromatic heterocycles. The minimum atomic E-state index is -0.422. The summed E-state index contributed by atoms with van der Waals surface area (Å²) in [5, 5.41) is 0. The number of carbonyl (C=O) groups is 2. The second-order valence-corrected chi connectivity index (χ2v) is 13.0. The van der Waals surface area contributed by atoms with Crippen LogP contribution in [0.25, 0.3) is 0 Å². The van der Waals surface area contributed by atoms with Crippen molar-refractivity contribution in [1.29, 1.82) is 0 Å². The molecule has 46 heavy (non-hydrogen) atoms. The van der Waals surface area contributed by atoms with Gasteiger partial charge in [0.2, 0.25) is 0 Å². The van der Waals surface area contributed by atoms with Crippen molar-refractivity contribution in [3.63, 3.8) is 0 Å². The van der Waals surface area contributed by atoms with Crippen LogP contribution in [-0.4, -0.2) is 50.2 Å². The van der Waals surface area contributed by atoms with Crippen LogP contribution >= 0.6 is 0 Å². The first kappa shape index (κ1) is 43.9. The van der Waals surface area contributed by atoms with Gasteiger partial charge in [0.15, 0.2) is 0 Å². The van der Waals surface area contributed by atoms with Gasteiger partial charge >= 0.3 is 11.9 Å². The molecule has 0 aliphatic carbocycles. The molecule has 5 heteroatoms. The predicted molar refractivity (Wildman–Crippen MR) is 198 cm³/mol. The zero-order valence-corrected chi connectivity index (χ0v) is 30.7. The van der Waals surface area contributed by atoms with Gasteiger partial charge in [-0.1, -0.05) is 127 Å². The molecule has 1 unspecified atom stereocenters. The number of esters is 2. The molecule has 0 bridgehead atoms. The number of hydrogen-bond donors (Lipinski definition) is 0. The Bertz CT molecular complexity index is 798. The van der Waals surface area contributed by atoms with E-state index in [2.05, 4.69) is 62.5 Å². The summed E-state index contributed by atoms with van der Waals surface area (Å²) in [7, 11) is 3.87. The molecular formula is C41H73NO4. The van der Waals surface area contributed by atoms with Gasteiger partial charge in [-0.15, -0.1) is 0 Å². The van der Waals surface area contributed by atoms with E-state index in [4.69, 9.17) is 9.47 Å². The fraction of sp³-hybridized carbons (Fsp3) is 0.756. The number of likely N-dealkylation sites (N-methyl/N-ethyl adjacent to an activating group) is 1. The molecule has 0 saturated heterocycles. The Morgan fingerprint density at radius 1 is 0.522 bits per heavy atom. The number of unbranched alkanes of at least 4 members (excludes halogenated alkanes) is 16. The van der Waals surface area contributed by atoms with Gasteiger partial charge in [0.05, 0.1) is 0 Å². The van der Waals surface area contributed by atoms with Crippen LogP contribution in [-0.2, 0) is 19.1 Å². The molecule has 0 N–H and O–H groups in total. The van der Waals surface area contributed by atoms with Crippen molar-refractivity contribution >= 4 is 11.9 Å². The van der Waals surface area contributed by atoms with E-state index in [0.717, 1.165) is 64.2 Å². The Hall–Kier alpha value is -2.14. The molecule has 0 aliphatic rings. The molecule has 0 amide bonds. The Balaban J connectivity index is 3.84. The standard InChI is InChI=1S/C41H73NO4/c1-5-7-9-11-13-15-17-19-21-23-25-27-29-31-33-35-40(43)45-38-39(37-42(3)4)46-41(44)36-34-32-30-28-26-24-22-20-18-16-14-12-10-8-6-2/h13-16,19-22,39H,5-12,17-18,23-38H2,1-4H3/b15-13-,16-14-,21-19-,22-20-. The van der Waals surface area contributed by atoms with Gasteiger partial charge in [-0.3, -0.25) is 9.59 Å². The number of rotatable bonds is 33. The van der Waals surface area contributed by atoms with Crippen molar-refractivity contribution in [1.82, 2.24) is 4.90 Å². The zero-order valence-electron chi connectivity index (χ0n) is 30.7. The third kappa shape index (κ3) is 34.7. The summed E-state index contributed by atoms with van der Waals surface area (Å²) in [6.45, 7) is 5.16. The summed E-state index contributed by atoms with van der Waals surface area (Å²) in [5.41, 5.74) is 0. The van der Waals surface area contributed by atoms with Gasteiger partial charge in [0, 0.05) is 19.4 Å². The molecule has 0 fully saturated rings.